The molecule has 162 valence electrons. The number of quaternary nitrogens is 2. The standard InChI is InChI=1S/C25H28N2O4/c1-18-24-20(16-27(17-30-24)9-5-8-26-10-12-29-13-11-26)14-22-21(15-23(28)31-25(18)22)19-6-3-2-4-7-19/h2-4,6-7,14-15H,5,8-13,16-17H2,1H3/p+2. The van der Waals surface area contributed by atoms with E-state index in [-0.39, 0.29) is 5.63 Å². The van der Waals surface area contributed by atoms with Crippen LogP contribution in [0.3, 0.4) is 0 Å². The minimum absolute atomic E-state index is 0.330. The molecular formula is C25H30N2O4+2. The van der Waals surface area contributed by atoms with Gasteiger partial charge in [0.1, 0.15) is 31.0 Å². The second kappa shape index (κ2) is 8.83. The highest BCUT2D eigenvalue weighted by Gasteiger charge is 2.26. The number of hydrogen-bond donors (Lipinski definition) is 2. The third kappa shape index (κ3) is 4.24. The molecule has 2 aliphatic heterocycles. The van der Waals surface area contributed by atoms with Crippen LogP contribution in [0.25, 0.3) is 22.1 Å². The molecule has 2 aliphatic rings. The van der Waals surface area contributed by atoms with Crippen LogP contribution in [0.2, 0.25) is 0 Å². The maximum absolute atomic E-state index is 12.3. The van der Waals surface area contributed by atoms with Crippen LogP contribution in [0, 0.1) is 6.92 Å². The van der Waals surface area contributed by atoms with E-state index in [1.807, 2.05) is 37.3 Å². The largest absolute Gasteiger partial charge is 0.444 e. The van der Waals surface area contributed by atoms with Crippen molar-refractivity contribution in [3.63, 3.8) is 0 Å². The van der Waals surface area contributed by atoms with Crippen molar-refractivity contribution in [3.8, 4) is 16.9 Å². The second-order valence-electron chi connectivity index (χ2n) is 8.64. The van der Waals surface area contributed by atoms with E-state index in [0.717, 1.165) is 67.2 Å². The number of benzene rings is 2. The highest BCUT2D eigenvalue weighted by Crippen LogP contribution is 2.36. The maximum atomic E-state index is 12.3. The van der Waals surface area contributed by atoms with Crippen molar-refractivity contribution in [2.45, 2.75) is 19.9 Å². The molecule has 3 aromatic rings. The highest BCUT2D eigenvalue weighted by molar-refractivity contribution is 5.96. The van der Waals surface area contributed by atoms with E-state index in [9.17, 15) is 4.79 Å². The molecule has 0 amide bonds. The molecule has 5 rings (SSSR count). The lowest BCUT2D eigenvalue weighted by molar-refractivity contribution is -0.942. The number of fused-ring (bicyclic) bond motifs is 2. The first-order chi connectivity index (χ1) is 15.2. The van der Waals surface area contributed by atoms with E-state index in [2.05, 4.69) is 6.07 Å². The van der Waals surface area contributed by atoms with Crippen LogP contribution in [0.5, 0.6) is 5.75 Å². The first-order valence-electron chi connectivity index (χ1n) is 11.2. The Bertz CT molecular complexity index is 1120. The molecule has 3 heterocycles. The van der Waals surface area contributed by atoms with Gasteiger partial charge in [0, 0.05) is 29.0 Å². The van der Waals surface area contributed by atoms with Gasteiger partial charge < -0.3 is 18.8 Å². The fourth-order valence-corrected chi connectivity index (χ4v) is 4.85. The molecule has 0 saturated carbocycles. The van der Waals surface area contributed by atoms with Crippen LogP contribution in [0.1, 0.15) is 17.5 Å². The number of rotatable bonds is 5. The molecule has 1 atom stereocenters. The van der Waals surface area contributed by atoms with Gasteiger partial charge in [-0.25, -0.2) is 4.79 Å². The molecule has 6 heteroatoms. The molecule has 0 aliphatic carbocycles. The Morgan fingerprint density at radius 3 is 2.58 bits per heavy atom. The molecule has 1 saturated heterocycles. The molecule has 6 nitrogen and oxygen atoms in total. The van der Waals surface area contributed by atoms with Gasteiger partial charge in [-0.1, -0.05) is 30.3 Å². The minimum atomic E-state index is -0.330. The monoisotopic (exact) mass is 422 g/mol. The molecule has 1 aromatic heterocycles. The second-order valence-corrected chi connectivity index (χ2v) is 8.64. The number of aryl methyl sites for hydroxylation is 1. The smallest absolute Gasteiger partial charge is 0.336 e. The summed E-state index contributed by atoms with van der Waals surface area (Å²) in [6.07, 6.45) is 1.18. The van der Waals surface area contributed by atoms with Crippen molar-refractivity contribution in [2.24, 2.45) is 0 Å². The van der Waals surface area contributed by atoms with Crippen LogP contribution in [0.15, 0.2) is 51.7 Å². The Morgan fingerprint density at radius 2 is 1.77 bits per heavy atom. The van der Waals surface area contributed by atoms with Gasteiger partial charge >= 0.3 is 5.63 Å². The number of hydrogen-bond acceptors (Lipinski definition) is 4. The lowest BCUT2D eigenvalue weighted by Gasteiger charge is -2.29. The minimum Gasteiger partial charge on any atom is -0.444 e. The summed E-state index contributed by atoms with van der Waals surface area (Å²) in [6, 6.07) is 13.8. The lowest BCUT2D eigenvalue weighted by atomic mass is 9.97. The predicted molar refractivity (Wildman–Crippen MR) is 119 cm³/mol. The van der Waals surface area contributed by atoms with Crippen LogP contribution in [-0.2, 0) is 11.3 Å². The average Bonchev–Trinajstić information content (AvgIpc) is 2.80. The van der Waals surface area contributed by atoms with E-state index in [1.165, 1.54) is 23.4 Å². The molecular weight excluding hydrogens is 392 g/mol. The van der Waals surface area contributed by atoms with Crippen LogP contribution in [-0.4, -0.2) is 46.1 Å². The van der Waals surface area contributed by atoms with Gasteiger partial charge in [-0.15, -0.1) is 0 Å². The fraction of sp³-hybridized carbons (Fsp3) is 0.400. The summed E-state index contributed by atoms with van der Waals surface area (Å²) in [5.74, 6) is 0.878. The first-order valence-corrected chi connectivity index (χ1v) is 11.2. The molecule has 0 spiro atoms. The Labute approximate surface area is 182 Å². The van der Waals surface area contributed by atoms with E-state index < -0.39 is 0 Å². The SMILES string of the molecule is Cc1c2c(cc3c(-c4ccccc4)cc(=O)oc13)C[NH+](CCC[NH+]1CCOCC1)CO2. The van der Waals surface area contributed by atoms with E-state index in [4.69, 9.17) is 13.9 Å². The van der Waals surface area contributed by atoms with Crippen molar-refractivity contribution < 1.29 is 23.7 Å². The van der Waals surface area contributed by atoms with E-state index in [0.29, 0.717) is 12.3 Å². The molecule has 2 aromatic carbocycles. The fourth-order valence-electron chi connectivity index (χ4n) is 4.85. The number of nitrogens with one attached hydrogen (secondary N) is 2. The third-order valence-electron chi connectivity index (χ3n) is 6.50. The van der Waals surface area contributed by atoms with Crippen molar-refractivity contribution in [1.29, 1.82) is 0 Å². The van der Waals surface area contributed by atoms with E-state index >= 15 is 0 Å². The Morgan fingerprint density at radius 1 is 1.00 bits per heavy atom. The quantitative estimate of drug-likeness (QED) is 0.598. The van der Waals surface area contributed by atoms with Gasteiger partial charge in [0.25, 0.3) is 0 Å². The Hall–Kier alpha value is -2.67. The maximum Gasteiger partial charge on any atom is 0.336 e. The summed E-state index contributed by atoms with van der Waals surface area (Å²) in [4.78, 5) is 15.4. The molecule has 0 bridgehead atoms. The Kier molecular flexibility index (Phi) is 5.76. The molecule has 1 unspecified atom stereocenters. The van der Waals surface area contributed by atoms with Crippen LogP contribution < -0.4 is 20.2 Å². The molecule has 1 fully saturated rings. The summed E-state index contributed by atoms with van der Waals surface area (Å²) >= 11 is 0. The summed E-state index contributed by atoms with van der Waals surface area (Å²) in [5, 5.41) is 0.977. The van der Waals surface area contributed by atoms with Crippen LogP contribution in [0.4, 0.5) is 0 Å². The number of ether oxygens (including phenoxy) is 2. The highest BCUT2D eigenvalue weighted by atomic mass is 16.5. The zero-order chi connectivity index (χ0) is 21.2. The van der Waals surface area contributed by atoms with E-state index in [1.54, 1.807) is 11.0 Å². The van der Waals surface area contributed by atoms with Gasteiger partial charge in [0.05, 0.1) is 26.3 Å². The number of morpholine rings is 1. The zero-order valence-electron chi connectivity index (χ0n) is 18.0. The average molecular weight is 423 g/mol. The molecule has 0 radical (unpaired) electrons. The molecule has 2 N–H and O–H groups in total. The van der Waals surface area contributed by atoms with Gasteiger partial charge in [0.15, 0.2) is 0 Å². The summed E-state index contributed by atoms with van der Waals surface area (Å²) in [7, 11) is 0. The van der Waals surface area contributed by atoms with Crippen LogP contribution >= 0.6 is 0 Å². The zero-order valence-corrected chi connectivity index (χ0v) is 18.0. The normalized spacial score (nSPS) is 19.2. The van der Waals surface area contributed by atoms with Crippen molar-refractivity contribution in [3.05, 3.63) is 64.0 Å². The predicted octanol–water partition coefficient (Wildman–Crippen LogP) is 0.808. The van der Waals surface area contributed by atoms with Gasteiger partial charge in [-0.2, -0.15) is 0 Å². The third-order valence-corrected chi connectivity index (χ3v) is 6.50. The topological polar surface area (TPSA) is 57.5 Å². The van der Waals surface area contributed by atoms with Crippen molar-refractivity contribution >= 4 is 11.0 Å². The lowest BCUT2D eigenvalue weighted by Crippen LogP contribution is -3.16. The van der Waals surface area contributed by atoms with Gasteiger partial charge in [-0.05, 0) is 24.1 Å². The van der Waals surface area contributed by atoms with Crippen molar-refractivity contribution in [1.82, 2.24) is 0 Å². The summed E-state index contributed by atoms with van der Waals surface area (Å²) in [6.45, 7) is 9.86. The molecule has 31 heavy (non-hydrogen) atoms. The summed E-state index contributed by atoms with van der Waals surface area (Å²) in [5.41, 5.74) is 4.35. The van der Waals surface area contributed by atoms with Gasteiger partial charge in [0.2, 0.25) is 6.73 Å². The first kappa shape index (κ1) is 20.2. The van der Waals surface area contributed by atoms with Crippen molar-refractivity contribution in [2.75, 3.05) is 46.1 Å². The van der Waals surface area contributed by atoms with Gasteiger partial charge in [-0.3, -0.25) is 4.90 Å². The Balaban J connectivity index is 1.40. The summed E-state index contributed by atoms with van der Waals surface area (Å²) < 4.78 is 17.3.